The SMILES string of the molecule is Cc1noc(-c2ccc(C(C)(C)C)cc2)c1C(=O)NCCOc1ccccc1. The molecular formula is C23H26N2O3. The molecule has 0 bridgehead atoms. The van der Waals surface area contributed by atoms with E-state index in [9.17, 15) is 4.79 Å². The molecule has 1 heterocycles. The summed E-state index contributed by atoms with van der Waals surface area (Å²) in [4.78, 5) is 12.7. The molecule has 0 aliphatic heterocycles. The summed E-state index contributed by atoms with van der Waals surface area (Å²) in [5.41, 5.74) is 3.14. The normalized spacial score (nSPS) is 11.3. The maximum Gasteiger partial charge on any atom is 0.257 e. The number of hydrogen-bond acceptors (Lipinski definition) is 4. The van der Waals surface area contributed by atoms with Gasteiger partial charge in [0.25, 0.3) is 5.91 Å². The predicted octanol–water partition coefficient (Wildman–Crippen LogP) is 4.76. The van der Waals surface area contributed by atoms with Crippen LogP contribution in [0.4, 0.5) is 0 Å². The zero-order valence-corrected chi connectivity index (χ0v) is 16.8. The monoisotopic (exact) mass is 378 g/mol. The highest BCUT2D eigenvalue weighted by Crippen LogP contribution is 2.29. The summed E-state index contributed by atoms with van der Waals surface area (Å²) >= 11 is 0. The van der Waals surface area contributed by atoms with Crippen LogP contribution in [-0.4, -0.2) is 24.2 Å². The first kappa shape index (κ1) is 19.7. The lowest BCUT2D eigenvalue weighted by Gasteiger charge is -2.18. The Morgan fingerprint density at radius 1 is 1.07 bits per heavy atom. The summed E-state index contributed by atoms with van der Waals surface area (Å²) in [6.45, 7) is 9.04. The Morgan fingerprint density at radius 2 is 1.75 bits per heavy atom. The Morgan fingerprint density at radius 3 is 2.39 bits per heavy atom. The number of amides is 1. The van der Waals surface area contributed by atoms with E-state index >= 15 is 0 Å². The van der Waals surface area contributed by atoms with Crippen molar-refractivity contribution in [3.63, 3.8) is 0 Å². The van der Waals surface area contributed by atoms with Gasteiger partial charge in [0.2, 0.25) is 0 Å². The van der Waals surface area contributed by atoms with E-state index in [1.807, 2.05) is 42.5 Å². The third-order valence-corrected chi connectivity index (χ3v) is 4.50. The van der Waals surface area contributed by atoms with Crippen molar-refractivity contribution in [3.8, 4) is 17.1 Å². The van der Waals surface area contributed by atoms with Crippen LogP contribution in [0.15, 0.2) is 59.1 Å². The molecule has 0 aliphatic carbocycles. The minimum atomic E-state index is -0.217. The van der Waals surface area contributed by atoms with Gasteiger partial charge in [-0.3, -0.25) is 4.79 Å². The zero-order valence-electron chi connectivity index (χ0n) is 16.8. The maximum absolute atomic E-state index is 12.7. The molecule has 2 aromatic carbocycles. The van der Waals surface area contributed by atoms with Crippen molar-refractivity contribution in [1.82, 2.24) is 10.5 Å². The predicted molar refractivity (Wildman–Crippen MR) is 110 cm³/mol. The number of aryl methyl sites for hydroxylation is 1. The molecule has 28 heavy (non-hydrogen) atoms. The minimum Gasteiger partial charge on any atom is -0.492 e. The summed E-state index contributed by atoms with van der Waals surface area (Å²) in [6.07, 6.45) is 0. The van der Waals surface area contributed by atoms with Crippen LogP contribution in [0.3, 0.4) is 0 Å². The van der Waals surface area contributed by atoms with E-state index < -0.39 is 0 Å². The van der Waals surface area contributed by atoms with Crippen LogP contribution in [0.1, 0.15) is 42.4 Å². The van der Waals surface area contributed by atoms with Crippen molar-refractivity contribution >= 4 is 5.91 Å². The summed E-state index contributed by atoms with van der Waals surface area (Å²) in [7, 11) is 0. The van der Waals surface area contributed by atoms with Gasteiger partial charge in [0.05, 0.1) is 12.2 Å². The first-order chi connectivity index (χ1) is 13.4. The second-order valence-corrected chi connectivity index (χ2v) is 7.72. The molecule has 0 aliphatic rings. The van der Waals surface area contributed by atoms with Crippen molar-refractivity contribution in [2.75, 3.05) is 13.2 Å². The Balaban J connectivity index is 1.67. The van der Waals surface area contributed by atoms with Crippen molar-refractivity contribution < 1.29 is 14.1 Å². The Hall–Kier alpha value is -3.08. The molecule has 0 spiro atoms. The highest BCUT2D eigenvalue weighted by Gasteiger charge is 2.22. The van der Waals surface area contributed by atoms with Crippen LogP contribution in [0.5, 0.6) is 5.75 Å². The number of para-hydroxylation sites is 1. The van der Waals surface area contributed by atoms with Gasteiger partial charge < -0.3 is 14.6 Å². The van der Waals surface area contributed by atoms with E-state index in [0.29, 0.717) is 30.2 Å². The smallest absolute Gasteiger partial charge is 0.257 e. The fourth-order valence-corrected chi connectivity index (χ4v) is 2.89. The third-order valence-electron chi connectivity index (χ3n) is 4.50. The van der Waals surface area contributed by atoms with Crippen LogP contribution in [0.25, 0.3) is 11.3 Å². The van der Waals surface area contributed by atoms with E-state index in [4.69, 9.17) is 9.26 Å². The second kappa shape index (κ2) is 8.30. The molecule has 0 atom stereocenters. The summed E-state index contributed by atoms with van der Waals surface area (Å²) < 4.78 is 11.1. The molecule has 0 radical (unpaired) electrons. The maximum atomic E-state index is 12.7. The molecule has 0 saturated heterocycles. The molecule has 3 aromatic rings. The molecule has 0 unspecified atom stereocenters. The lowest BCUT2D eigenvalue weighted by atomic mass is 9.86. The quantitative estimate of drug-likeness (QED) is 0.628. The molecular weight excluding hydrogens is 352 g/mol. The number of nitrogens with one attached hydrogen (secondary N) is 1. The first-order valence-electron chi connectivity index (χ1n) is 9.39. The van der Waals surface area contributed by atoms with Crippen LogP contribution in [0.2, 0.25) is 0 Å². The highest BCUT2D eigenvalue weighted by molar-refractivity contribution is 6.00. The number of ether oxygens (including phenoxy) is 1. The van der Waals surface area contributed by atoms with Gasteiger partial charge in [-0.1, -0.05) is 68.4 Å². The Bertz CT molecular complexity index is 923. The van der Waals surface area contributed by atoms with Gasteiger partial charge in [-0.2, -0.15) is 0 Å². The molecule has 3 rings (SSSR count). The van der Waals surface area contributed by atoms with E-state index in [2.05, 4.69) is 43.4 Å². The fourth-order valence-electron chi connectivity index (χ4n) is 2.89. The third kappa shape index (κ3) is 4.60. The van der Waals surface area contributed by atoms with Gasteiger partial charge in [-0.05, 0) is 30.0 Å². The van der Waals surface area contributed by atoms with E-state index in [0.717, 1.165) is 11.3 Å². The van der Waals surface area contributed by atoms with Gasteiger partial charge in [0.15, 0.2) is 5.76 Å². The van der Waals surface area contributed by atoms with Gasteiger partial charge in [0, 0.05) is 5.56 Å². The number of hydrogen-bond donors (Lipinski definition) is 1. The Kier molecular flexibility index (Phi) is 5.83. The highest BCUT2D eigenvalue weighted by atomic mass is 16.5. The fraction of sp³-hybridized carbons (Fsp3) is 0.304. The van der Waals surface area contributed by atoms with Gasteiger partial charge in [-0.25, -0.2) is 0 Å². The lowest BCUT2D eigenvalue weighted by Crippen LogP contribution is -2.28. The van der Waals surface area contributed by atoms with Crippen LogP contribution >= 0.6 is 0 Å². The number of carbonyl (C=O) groups excluding carboxylic acids is 1. The van der Waals surface area contributed by atoms with Crippen LogP contribution in [0, 0.1) is 6.92 Å². The minimum absolute atomic E-state index is 0.0643. The number of benzene rings is 2. The first-order valence-corrected chi connectivity index (χ1v) is 9.39. The van der Waals surface area contributed by atoms with Crippen molar-refractivity contribution in [3.05, 3.63) is 71.4 Å². The number of rotatable bonds is 6. The summed E-state index contributed by atoms with van der Waals surface area (Å²) in [5.74, 6) is 1.04. The summed E-state index contributed by atoms with van der Waals surface area (Å²) in [6, 6.07) is 17.6. The van der Waals surface area contributed by atoms with Gasteiger partial charge >= 0.3 is 0 Å². The van der Waals surface area contributed by atoms with E-state index in [1.165, 1.54) is 5.56 Å². The zero-order chi connectivity index (χ0) is 20.1. The average Bonchev–Trinajstić information content (AvgIpc) is 3.07. The van der Waals surface area contributed by atoms with E-state index in [1.54, 1.807) is 6.92 Å². The average molecular weight is 378 g/mol. The lowest BCUT2D eigenvalue weighted by molar-refractivity contribution is 0.0946. The molecule has 1 amide bonds. The van der Waals surface area contributed by atoms with Crippen molar-refractivity contribution in [1.29, 1.82) is 0 Å². The topological polar surface area (TPSA) is 64.4 Å². The molecule has 5 nitrogen and oxygen atoms in total. The number of nitrogens with zero attached hydrogens (tertiary/aromatic N) is 1. The second-order valence-electron chi connectivity index (χ2n) is 7.72. The van der Waals surface area contributed by atoms with Crippen LogP contribution in [-0.2, 0) is 5.41 Å². The van der Waals surface area contributed by atoms with E-state index in [-0.39, 0.29) is 11.3 Å². The number of carbonyl (C=O) groups is 1. The van der Waals surface area contributed by atoms with Crippen molar-refractivity contribution in [2.24, 2.45) is 0 Å². The molecule has 0 saturated carbocycles. The molecule has 1 N–H and O–H groups in total. The van der Waals surface area contributed by atoms with Gasteiger partial charge in [-0.15, -0.1) is 0 Å². The van der Waals surface area contributed by atoms with Crippen LogP contribution < -0.4 is 10.1 Å². The molecule has 146 valence electrons. The molecule has 1 aromatic heterocycles. The standard InChI is InChI=1S/C23H26N2O3/c1-16-20(22(26)24-14-15-27-19-8-6-5-7-9-19)21(28-25-16)17-10-12-18(13-11-17)23(2,3)4/h5-13H,14-15H2,1-4H3,(H,24,26). The van der Waals surface area contributed by atoms with Gasteiger partial charge in [0.1, 0.15) is 17.9 Å². The molecule has 5 heteroatoms. The largest absolute Gasteiger partial charge is 0.492 e. The summed E-state index contributed by atoms with van der Waals surface area (Å²) in [5, 5.41) is 6.87. The Labute approximate surface area is 165 Å². The van der Waals surface area contributed by atoms with Crippen molar-refractivity contribution in [2.45, 2.75) is 33.1 Å². The number of aromatic nitrogens is 1. The molecule has 0 fully saturated rings.